The summed E-state index contributed by atoms with van der Waals surface area (Å²) in [7, 11) is 0. The third kappa shape index (κ3) is 13.4. The van der Waals surface area contributed by atoms with Gasteiger partial charge in [0.2, 0.25) is 6.43 Å². The number of carbonyl (C=O) groups is 1. The van der Waals surface area contributed by atoms with E-state index in [2.05, 4.69) is 13.8 Å². The van der Waals surface area contributed by atoms with Crippen LogP contribution < -0.4 is 0 Å². The van der Waals surface area contributed by atoms with Crippen molar-refractivity contribution in [3.63, 3.8) is 0 Å². The summed E-state index contributed by atoms with van der Waals surface area (Å²) in [6, 6.07) is 0. The molecule has 0 amide bonds. The van der Waals surface area contributed by atoms with Crippen LogP contribution in [0.15, 0.2) is 0 Å². The highest BCUT2D eigenvalue weighted by Gasteiger charge is 2.21. The Morgan fingerprint density at radius 1 is 1.14 bits per heavy atom. The Morgan fingerprint density at radius 3 is 2.32 bits per heavy atom. The Bertz CT molecular complexity index is 307. The van der Waals surface area contributed by atoms with E-state index in [0.29, 0.717) is 31.3 Å². The predicted octanol–water partition coefficient (Wildman–Crippen LogP) is 5.55. The number of thioether (sulfide) groups is 1. The molecular weight excluding hydrogens is 306 g/mol. The average molecular weight is 339 g/mol. The molecule has 0 radical (unpaired) electrons. The van der Waals surface area contributed by atoms with Crippen molar-refractivity contribution in [1.29, 1.82) is 0 Å². The van der Waals surface area contributed by atoms with Crippen LogP contribution in [0.3, 0.4) is 0 Å². The lowest BCUT2D eigenvalue weighted by molar-refractivity contribution is -0.145. The van der Waals surface area contributed by atoms with Crippen molar-refractivity contribution >= 4 is 17.7 Å². The maximum absolute atomic E-state index is 12.1. The molecule has 0 spiro atoms. The maximum atomic E-state index is 12.1. The van der Waals surface area contributed by atoms with Crippen LogP contribution in [0, 0.1) is 11.8 Å². The lowest BCUT2D eigenvalue weighted by Crippen LogP contribution is -2.26. The minimum atomic E-state index is -2.18. The van der Waals surface area contributed by atoms with Crippen LogP contribution in [0.5, 0.6) is 0 Å². The average Bonchev–Trinajstić information content (AvgIpc) is 2.38. The van der Waals surface area contributed by atoms with E-state index in [1.807, 2.05) is 20.8 Å². The van der Waals surface area contributed by atoms with E-state index >= 15 is 0 Å². The summed E-state index contributed by atoms with van der Waals surface area (Å²) in [5, 5.41) is 0. The Kier molecular flexibility index (Phi) is 11.1. The van der Waals surface area contributed by atoms with E-state index in [-0.39, 0.29) is 17.1 Å². The summed E-state index contributed by atoms with van der Waals surface area (Å²) in [4.78, 5) is 11.6. The quantitative estimate of drug-likeness (QED) is 0.345. The highest BCUT2D eigenvalue weighted by atomic mass is 32.2. The predicted molar refractivity (Wildman–Crippen MR) is 90.6 cm³/mol. The fourth-order valence-corrected chi connectivity index (χ4v) is 3.03. The van der Waals surface area contributed by atoms with Crippen LogP contribution >= 0.6 is 11.8 Å². The molecule has 0 aliphatic rings. The molecule has 0 rings (SSSR count). The second-order valence-electron chi connectivity index (χ2n) is 7.08. The lowest BCUT2D eigenvalue weighted by atomic mass is 10.0. The summed E-state index contributed by atoms with van der Waals surface area (Å²) in [5.41, 5.74) is 0. The van der Waals surface area contributed by atoms with Gasteiger partial charge in [0.1, 0.15) is 6.61 Å². The van der Waals surface area contributed by atoms with Crippen molar-refractivity contribution in [2.24, 2.45) is 11.8 Å². The second-order valence-corrected chi connectivity index (χ2v) is 8.88. The largest absolute Gasteiger partial charge is 0.464 e. The van der Waals surface area contributed by atoms with Crippen molar-refractivity contribution in [2.45, 2.75) is 77.9 Å². The first-order valence-electron chi connectivity index (χ1n) is 8.20. The summed E-state index contributed by atoms with van der Waals surface area (Å²) < 4.78 is 29.5. The second kappa shape index (κ2) is 11.3. The van der Waals surface area contributed by atoms with Crippen molar-refractivity contribution in [1.82, 2.24) is 0 Å². The van der Waals surface area contributed by atoms with Crippen LogP contribution in [-0.2, 0) is 9.53 Å². The molecule has 132 valence electrons. The van der Waals surface area contributed by atoms with Gasteiger partial charge in [-0.3, -0.25) is 4.79 Å². The van der Waals surface area contributed by atoms with Gasteiger partial charge >= 0.3 is 5.97 Å². The molecule has 5 heteroatoms. The Morgan fingerprint density at radius 2 is 1.77 bits per heavy atom. The van der Waals surface area contributed by atoms with E-state index in [0.717, 1.165) is 18.6 Å². The van der Waals surface area contributed by atoms with Gasteiger partial charge in [-0.05, 0) is 50.7 Å². The van der Waals surface area contributed by atoms with Gasteiger partial charge in [-0.1, -0.05) is 20.8 Å². The van der Waals surface area contributed by atoms with E-state index in [4.69, 9.17) is 4.74 Å². The van der Waals surface area contributed by atoms with Gasteiger partial charge in [-0.2, -0.15) is 11.8 Å². The first-order valence-corrected chi connectivity index (χ1v) is 9.18. The normalized spacial score (nSPS) is 13.7. The van der Waals surface area contributed by atoms with E-state index in [1.54, 1.807) is 11.8 Å². The molecule has 22 heavy (non-hydrogen) atoms. The van der Waals surface area contributed by atoms with Crippen molar-refractivity contribution < 1.29 is 18.3 Å². The van der Waals surface area contributed by atoms with Crippen LogP contribution in [0.2, 0.25) is 0 Å². The van der Waals surface area contributed by atoms with E-state index in [9.17, 15) is 13.6 Å². The number of alkyl halides is 2. The molecule has 1 atom stereocenters. The minimum Gasteiger partial charge on any atom is -0.464 e. The number of esters is 1. The Labute approximate surface area is 138 Å². The minimum absolute atomic E-state index is 0.00556. The van der Waals surface area contributed by atoms with E-state index < -0.39 is 6.43 Å². The van der Waals surface area contributed by atoms with Crippen LogP contribution in [0.1, 0.15) is 66.7 Å². The number of carbonyl (C=O) groups excluding carboxylic acids is 1. The molecule has 0 aromatic rings. The first-order chi connectivity index (χ1) is 10.1. The number of halogens is 2. The zero-order valence-electron chi connectivity index (χ0n) is 14.7. The number of rotatable bonds is 12. The molecule has 0 aliphatic heterocycles. The topological polar surface area (TPSA) is 26.3 Å². The van der Waals surface area contributed by atoms with Crippen LogP contribution in [0.25, 0.3) is 0 Å². The van der Waals surface area contributed by atoms with Crippen LogP contribution in [-0.4, -0.2) is 29.5 Å². The van der Waals surface area contributed by atoms with Gasteiger partial charge in [-0.25, -0.2) is 8.78 Å². The molecule has 0 aromatic heterocycles. The van der Waals surface area contributed by atoms with Gasteiger partial charge in [0.25, 0.3) is 0 Å². The third-order valence-electron chi connectivity index (χ3n) is 3.37. The van der Waals surface area contributed by atoms with Gasteiger partial charge in [0.15, 0.2) is 0 Å². The van der Waals surface area contributed by atoms with E-state index in [1.165, 1.54) is 0 Å². The zero-order chi connectivity index (χ0) is 17.2. The zero-order valence-corrected chi connectivity index (χ0v) is 15.5. The first kappa shape index (κ1) is 21.7. The van der Waals surface area contributed by atoms with Crippen LogP contribution in [0.4, 0.5) is 8.78 Å². The molecule has 0 N–H and O–H groups in total. The number of hydrogen-bond donors (Lipinski definition) is 0. The third-order valence-corrected chi connectivity index (χ3v) is 4.76. The lowest BCUT2D eigenvalue weighted by Gasteiger charge is -2.24. The SMILES string of the molecule is CC(C)CC(=O)OCC(C)(C)SCCCC(C)CCC(F)F. The fraction of sp³-hybridized carbons (Fsp3) is 0.941. The van der Waals surface area contributed by atoms with Gasteiger partial charge in [-0.15, -0.1) is 0 Å². The number of ether oxygens (including phenoxy) is 1. The molecule has 2 nitrogen and oxygen atoms in total. The van der Waals surface area contributed by atoms with Crippen molar-refractivity contribution in [3.8, 4) is 0 Å². The number of hydrogen-bond acceptors (Lipinski definition) is 3. The standard InChI is InChI=1S/C17H32F2O2S/c1-13(2)11-16(20)21-12-17(4,5)22-10-6-7-14(3)8-9-15(18)19/h13-15H,6-12H2,1-5H3. The molecular formula is C17H32F2O2S. The fourth-order valence-electron chi connectivity index (χ4n) is 2.02. The molecule has 0 aromatic carbocycles. The van der Waals surface area contributed by atoms with Gasteiger partial charge in [0, 0.05) is 17.6 Å². The smallest absolute Gasteiger partial charge is 0.306 e. The highest BCUT2D eigenvalue weighted by Crippen LogP contribution is 2.27. The molecule has 0 aliphatic carbocycles. The van der Waals surface area contributed by atoms with Gasteiger partial charge in [0.05, 0.1) is 0 Å². The van der Waals surface area contributed by atoms with Gasteiger partial charge < -0.3 is 4.74 Å². The molecule has 0 fully saturated rings. The maximum Gasteiger partial charge on any atom is 0.306 e. The summed E-state index contributed by atoms with van der Waals surface area (Å²) >= 11 is 1.78. The summed E-state index contributed by atoms with van der Waals surface area (Å²) in [5.74, 6) is 1.50. The Balaban J connectivity index is 3.77. The van der Waals surface area contributed by atoms with Crippen molar-refractivity contribution in [2.75, 3.05) is 12.4 Å². The summed E-state index contributed by atoms with van der Waals surface area (Å²) in [6.45, 7) is 10.6. The molecule has 0 heterocycles. The molecule has 1 unspecified atom stereocenters. The highest BCUT2D eigenvalue weighted by molar-refractivity contribution is 8.00. The molecule has 0 bridgehead atoms. The molecule has 0 saturated carbocycles. The molecule has 0 saturated heterocycles. The monoisotopic (exact) mass is 338 g/mol. The summed E-state index contributed by atoms with van der Waals surface area (Å²) in [6.07, 6.45) is 0.866. The Hall–Kier alpha value is -0.320. The van der Waals surface area contributed by atoms with Crippen molar-refractivity contribution in [3.05, 3.63) is 0 Å².